The third-order valence-electron chi connectivity index (χ3n) is 8.58. The molecule has 2 aliphatic heterocycles. The van der Waals surface area contributed by atoms with Crippen molar-refractivity contribution in [1.29, 1.82) is 0 Å². The van der Waals surface area contributed by atoms with Crippen molar-refractivity contribution in [3.05, 3.63) is 64.9 Å². The Hall–Kier alpha value is -3.02. The fourth-order valence-corrected chi connectivity index (χ4v) is 6.40. The van der Waals surface area contributed by atoms with Gasteiger partial charge in [-0.15, -0.1) is 12.4 Å². The Morgan fingerprint density at radius 3 is 2.35 bits per heavy atom. The van der Waals surface area contributed by atoms with Gasteiger partial charge >= 0.3 is 12.1 Å². The van der Waals surface area contributed by atoms with Crippen LogP contribution in [0.2, 0.25) is 5.02 Å². The predicted molar refractivity (Wildman–Crippen MR) is 160 cm³/mol. The molecule has 1 unspecified atom stereocenters. The van der Waals surface area contributed by atoms with Crippen LogP contribution < -0.4 is 9.80 Å². The smallest absolute Gasteiger partial charge is 0.433 e. The van der Waals surface area contributed by atoms with E-state index in [1.165, 1.54) is 0 Å². The van der Waals surface area contributed by atoms with Gasteiger partial charge in [0.15, 0.2) is 5.69 Å². The average molecular weight is 643 g/mol. The molecule has 7 nitrogen and oxygen atoms in total. The summed E-state index contributed by atoms with van der Waals surface area (Å²) in [6.45, 7) is 5.24. The minimum atomic E-state index is -4.85. The van der Waals surface area contributed by atoms with E-state index in [1.807, 2.05) is 29.2 Å². The van der Waals surface area contributed by atoms with Crippen LogP contribution in [0.3, 0.4) is 0 Å². The van der Waals surface area contributed by atoms with E-state index >= 15 is 0 Å². The second kappa shape index (κ2) is 12.5. The van der Waals surface area contributed by atoms with Crippen LogP contribution in [0.25, 0.3) is 11.1 Å². The van der Waals surface area contributed by atoms with Gasteiger partial charge in [-0.2, -0.15) is 18.3 Å². The van der Waals surface area contributed by atoms with E-state index < -0.39 is 35.6 Å². The van der Waals surface area contributed by atoms with E-state index in [0.29, 0.717) is 30.8 Å². The number of piperazine rings is 1. The molecule has 232 valence electrons. The molecule has 1 N–H and O–H groups in total. The first-order chi connectivity index (χ1) is 20.1. The fraction of sp³-hybridized carbons (Fsp3) is 0.467. The Labute approximate surface area is 258 Å². The monoisotopic (exact) mass is 641 g/mol. The largest absolute Gasteiger partial charge is 0.478 e. The highest BCUT2D eigenvalue weighted by atomic mass is 35.5. The highest BCUT2D eigenvalue weighted by molar-refractivity contribution is 6.31. The van der Waals surface area contributed by atoms with Gasteiger partial charge in [-0.3, -0.25) is 9.58 Å². The fourth-order valence-electron chi connectivity index (χ4n) is 6.23. The molecule has 0 spiro atoms. The molecule has 3 fully saturated rings. The molecule has 0 bridgehead atoms. The lowest BCUT2D eigenvalue weighted by molar-refractivity contribution is -0.145. The van der Waals surface area contributed by atoms with E-state index in [1.54, 1.807) is 6.07 Å². The van der Waals surface area contributed by atoms with Crippen molar-refractivity contribution >= 4 is 41.4 Å². The maximum atomic E-state index is 13.9. The summed E-state index contributed by atoms with van der Waals surface area (Å²) in [5.74, 6) is -1.45. The number of aromatic carboxylic acids is 1. The van der Waals surface area contributed by atoms with Crippen molar-refractivity contribution in [3.63, 3.8) is 0 Å². The Bertz CT molecular complexity index is 1440. The minimum absolute atomic E-state index is 0. The topological polar surface area (TPSA) is 64.8 Å². The van der Waals surface area contributed by atoms with Crippen molar-refractivity contribution in [3.8, 4) is 11.1 Å². The summed E-state index contributed by atoms with van der Waals surface area (Å²) < 4.78 is 55.8. The number of halogens is 6. The molecule has 3 aromatic rings. The van der Waals surface area contributed by atoms with Crippen LogP contribution in [-0.2, 0) is 6.18 Å². The molecule has 6 rings (SSSR count). The summed E-state index contributed by atoms with van der Waals surface area (Å²) in [6, 6.07) is 13.1. The third kappa shape index (κ3) is 6.73. The Morgan fingerprint density at radius 2 is 1.72 bits per heavy atom. The number of benzene rings is 2. The zero-order chi connectivity index (χ0) is 29.6. The highest BCUT2D eigenvalue weighted by Gasteiger charge is 2.42. The van der Waals surface area contributed by atoms with Crippen LogP contribution in [0.5, 0.6) is 0 Å². The van der Waals surface area contributed by atoms with E-state index in [2.05, 4.69) is 27.0 Å². The summed E-state index contributed by atoms with van der Waals surface area (Å²) in [7, 11) is 0. The molecule has 2 aromatic carbocycles. The average Bonchev–Trinajstić information content (AvgIpc) is 3.46. The molecule has 1 aromatic heterocycles. The van der Waals surface area contributed by atoms with Gasteiger partial charge in [0, 0.05) is 73.7 Å². The molecular formula is C30H33Cl2F4N5O2. The van der Waals surface area contributed by atoms with Crippen LogP contribution in [0.1, 0.15) is 41.4 Å². The summed E-state index contributed by atoms with van der Waals surface area (Å²) in [5, 5.41) is 13.7. The van der Waals surface area contributed by atoms with Crippen molar-refractivity contribution in [2.24, 2.45) is 5.92 Å². The molecule has 0 amide bonds. The van der Waals surface area contributed by atoms with Gasteiger partial charge in [0.25, 0.3) is 0 Å². The van der Waals surface area contributed by atoms with E-state index in [0.717, 1.165) is 66.1 Å². The van der Waals surface area contributed by atoms with Crippen molar-refractivity contribution in [2.75, 3.05) is 55.6 Å². The van der Waals surface area contributed by atoms with Crippen LogP contribution in [-0.4, -0.2) is 77.7 Å². The van der Waals surface area contributed by atoms with Gasteiger partial charge in [-0.25, -0.2) is 9.18 Å². The molecule has 0 radical (unpaired) electrons. The lowest BCUT2D eigenvalue weighted by Gasteiger charge is -2.37. The van der Waals surface area contributed by atoms with Crippen molar-refractivity contribution < 1.29 is 27.5 Å². The Morgan fingerprint density at radius 1 is 1.02 bits per heavy atom. The zero-order valence-electron chi connectivity index (χ0n) is 23.3. The van der Waals surface area contributed by atoms with Gasteiger partial charge in [-0.1, -0.05) is 29.8 Å². The van der Waals surface area contributed by atoms with Gasteiger partial charge < -0.3 is 14.9 Å². The molecule has 3 aliphatic rings. The summed E-state index contributed by atoms with van der Waals surface area (Å²) >= 11 is 6.39. The molecule has 1 aliphatic carbocycles. The number of alkyl halides is 4. The number of hydrogen-bond donors (Lipinski definition) is 1. The van der Waals surface area contributed by atoms with Gasteiger partial charge in [0.05, 0.1) is 12.2 Å². The molecule has 43 heavy (non-hydrogen) atoms. The van der Waals surface area contributed by atoms with E-state index in [4.69, 9.17) is 11.6 Å². The number of anilines is 2. The van der Waals surface area contributed by atoms with Gasteiger partial charge in [0.2, 0.25) is 0 Å². The number of carbonyl (C=O) groups is 1. The maximum absolute atomic E-state index is 13.9. The molecular weight excluding hydrogens is 609 g/mol. The highest BCUT2D eigenvalue weighted by Crippen LogP contribution is 2.40. The molecule has 1 saturated carbocycles. The number of carboxylic acids is 1. The first-order valence-corrected chi connectivity index (χ1v) is 14.6. The second-order valence-corrected chi connectivity index (χ2v) is 11.8. The minimum Gasteiger partial charge on any atom is -0.478 e. The Kier molecular flexibility index (Phi) is 9.15. The van der Waals surface area contributed by atoms with E-state index in [9.17, 15) is 27.5 Å². The zero-order valence-corrected chi connectivity index (χ0v) is 24.9. The summed E-state index contributed by atoms with van der Waals surface area (Å²) in [4.78, 5) is 18.2. The number of nitrogens with zero attached hydrogens (tertiary/aromatic N) is 5. The molecule has 3 heterocycles. The van der Waals surface area contributed by atoms with Crippen molar-refractivity contribution in [2.45, 2.75) is 37.7 Å². The van der Waals surface area contributed by atoms with Crippen LogP contribution in [0.15, 0.2) is 48.7 Å². The lowest BCUT2D eigenvalue weighted by atomic mass is 9.99. The van der Waals surface area contributed by atoms with Gasteiger partial charge in [-0.05, 0) is 49.1 Å². The summed E-state index contributed by atoms with van der Waals surface area (Å²) in [5.41, 5.74) is 1.69. The van der Waals surface area contributed by atoms with Crippen molar-refractivity contribution in [1.82, 2.24) is 14.7 Å². The van der Waals surface area contributed by atoms with E-state index in [-0.39, 0.29) is 24.9 Å². The normalized spacial score (nSPS) is 22.8. The molecule has 3 atom stereocenters. The second-order valence-electron chi connectivity index (χ2n) is 11.4. The van der Waals surface area contributed by atoms with Crippen LogP contribution in [0, 0.1) is 5.92 Å². The molecule has 2 saturated heterocycles. The summed E-state index contributed by atoms with van der Waals surface area (Å²) in [6.07, 6.45) is -2.96. The number of rotatable bonds is 7. The first kappa shape index (κ1) is 31.4. The quantitative estimate of drug-likeness (QED) is 0.291. The number of aromatic nitrogens is 2. The third-order valence-corrected chi connectivity index (χ3v) is 8.82. The van der Waals surface area contributed by atoms with Crippen LogP contribution in [0.4, 0.5) is 28.9 Å². The number of piperidine rings is 1. The predicted octanol–water partition coefficient (Wildman–Crippen LogP) is 6.66. The van der Waals surface area contributed by atoms with Gasteiger partial charge in [0.1, 0.15) is 11.7 Å². The first-order valence-electron chi connectivity index (χ1n) is 14.2. The maximum Gasteiger partial charge on any atom is 0.433 e. The lowest BCUT2D eigenvalue weighted by Crippen LogP contribution is -2.47. The number of hydrogen-bond acceptors (Lipinski definition) is 5. The van der Waals surface area contributed by atoms with Crippen LogP contribution >= 0.6 is 24.0 Å². The molecule has 13 heteroatoms. The standard InChI is InChI=1S/C30H32ClF4N5O2.ClH/c31-21-5-8-24(19-3-6-22(7-4-19)38-12-10-37(11-13-38)17-20-14-26(20)32)27(15-21)39-9-1-2-23(18-39)40-28(30(33,34)35)25(16-36-40)29(41)42;/h3-8,15-16,20,23,26H,1-2,9-14,17-18H2,(H,41,42);1H/t20-,23?,26-;/m0./s1. The number of carboxylic acid groups (broad SMARTS) is 1. The SMILES string of the molecule is Cl.O=C(O)c1cnn(C2CCCN(c3cc(Cl)ccc3-c3ccc(N4CCN(C[C@@H]5C[C@@H]5F)CC4)cc3)C2)c1C(F)(F)F. The Balaban J connectivity index is 0.00000368.